The first kappa shape index (κ1) is 18.4. The van der Waals surface area contributed by atoms with Crippen LogP contribution >= 0.6 is 0 Å². The number of ether oxygens (including phenoxy) is 4. The molecule has 1 aliphatic heterocycles. The Balaban J connectivity index is 1.79. The van der Waals surface area contributed by atoms with Crippen LogP contribution in [0.2, 0.25) is 0 Å². The Morgan fingerprint density at radius 1 is 0.962 bits per heavy atom. The van der Waals surface area contributed by atoms with E-state index in [0.717, 1.165) is 28.6 Å². The van der Waals surface area contributed by atoms with Gasteiger partial charge in [-0.2, -0.15) is 0 Å². The van der Waals surface area contributed by atoms with Gasteiger partial charge in [-0.05, 0) is 41.8 Å². The molecule has 3 rings (SSSR count). The second-order valence-corrected chi connectivity index (χ2v) is 6.68. The van der Waals surface area contributed by atoms with Gasteiger partial charge in [0.05, 0.1) is 14.2 Å². The first-order valence-corrected chi connectivity index (χ1v) is 8.96. The van der Waals surface area contributed by atoms with Gasteiger partial charge in [-0.3, -0.25) is 0 Å². The summed E-state index contributed by atoms with van der Waals surface area (Å²) in [6.45, 7) is 6.29. The van der Waals surface area contributed by atoms with Crippen LogP contribution in [0.4, 0.5) is 0 Å². The summed E-state index contributed by atoms with van der Waals surface area (Å²) >= 11 is 0. The second kappa shape index (κ2) is 8.32. The molecule has 5 heteroatoms. The molecule has 1 N–H and O–H groups in total. The van der Waals surface area contributed by atoms with Crippen molar-refractivity contribution < 1.29 is 18.9 Å². The van der Waals surface area contributed by atoms with Gasteiger partial charge >= 0.3 is 0 Å². The number of hydrogen-bond donors (Lipinski definition) is 1. The third kappa shape index (κ3) is 4.05. The molecule has 0 saturated heterocycles. The maximum Gasteiger partial charge on any atom is 0.161 e. The summed E-state index contributed by atoms with van der Waals surface area (Å²) in [5.74, 6) is 3.72. The van der Waals surface area contributed by atoms with Gasteiger partial charge in [0, 0.05) is 18.2 Å². The van der Waals surface area contributed by atoms with Crippen molar-refractivity contribution in [3.63, 3.8) is 0 Å². The molecule has 0 amide bonds. The van der Waals surface area contributed by atoms with Crippen molar-refractivity contribution in [3.8, 4) is 23.0 Å². The topological polar surface area (TPSA) is 49.0 Å². The van der Waals surface area contributed by atoms with Crippen molar-refractivity contribution in [1.29, 1.82) is 0 Å². The Bertz CT molecular complexity index is 745. The minimum Gasteiger partial charge on any atom is -0.497 e. The molecule has 0 bridgehead atoms. The highest BCUT2D eigenvalue weighted by Gasteiger charge is 2.20. The van der Waals surface area contributed by atoms with Gasteiger partial charge in [0.15, 0.2) is 11.5 Å². The van der Waals surface area contributed by atoms with Crippen LogP contribution in [0.1, 0.15) is 31.0 Å². The van der Waals surface area contributed by atoms with Gasteiger partial charge in [-0.15, -0.1) is 0 Å². The molecule has 1 unspecified atom stereocenters. The first-order valence-electron chi connectivity index (χ1n) is 8.96. The van der Waals surface area contributed by atoms with E-state index in [-0.39, 0.29) is 6.04 Å². The zero-order valence-corrected chi connectivity index (χ0v) is 15.9. The van der Waals surface area contributed by atoms with Crippen LogP contribution in [0.3, 0.4) is 0 Å². The van der Waals surface area contributed by atoms with Crippen molar-refractivity contribution in [1.82, 2.24) is 5.32 Å². The van der Waals surface area contributed by atoms with Gasteiger partial charge in [0.25, 0.3) is 0 Å². The summed E-state index contributed by atoms with van der Waals surface area (Å²) in [6.07, 6.45) is 0. The molecule has 140 valence electrons. The molecule has 0 aliphatic carbocycles. The van der Waals surface area contributed by atoms with E-state index in [2.05, 4.69) is 31.3 Å². The van der Waals surface area contributed by atoms with Crippen LogP contribution in [-0.2, 0) is 6.54 Å². The lowest BCUT2D eigenvalue weighted by molar-refractivity contribution is 0.171. The standard InChI is InChI=1S/C21H27NO4/c1-14(2)21(15-5-7-19-20(12-15)26-10-9-25-19)22-13-16-11-17(23-3)6-8-18(16)24-4/h5-8,11-12,14,21-22H,9-10,13H2,1-4H3. The third-order valence-electron chi connectivity index (χ3n) is 4.59. The van der Waals surface area contributed by atoms with Crippen LogP contribution < -0.4 is 24.3 Å². The molecule has 0 spiro atoms. The van der Waals surface area contributed by atoms with E-state index >= 15 is 0 Å². The normalized spacial score (nSPS) is 14.2. The second-order valence-electron chi connectivity index (χ2n) is 6.68. The summed E-state index contributed by atoms with van der Waals surface area (Å²) in [7, 11) is 3.36. The van der Waals surface area contributed by atoms with E-state index < -0.39 is 0 Å². The highest BCUT2D eigenvalue weighted by Crippen LogP contribution is 2.35. The summed E-state index contributed by atoms with van der Waals surface area (Å²) in [5.41, 5.74) is 2.25. The average molecular weight is 357 g/mol. The smallest absolute Gasteiger partial charge is 0.161 e. The fourth-order valence-electron chi connectivity index (χ4n) is 3.23. The van der Waals surface area contributed by atoms with Gasteiger partial charge in [0.1, 0.15) is 24.7 Å². The predicted molar refractivity (Wildman–Crippen MR) is 101 cm³/mol. The Morgan fingerprint density at radius 2 is 1.73 bits per heavy atom. The lowest BCUT2D eigenvalue weighted by Crippen LogP contribution is -2.26. The van der Waals surface area contributed by atoms with E-state index in [1.165, 1.54) is 5.56 Å². The molecule has 0 aromatic heterocycles. The minimum atomic E-state index is 0.182. The van der Waals surface area contributed by atoms with Gasteiger partial charge in [0.2, 0.25) is 0 Å². The SMILES string of the molecule is COc1ccc(OC)c(CNC(c2ccc3c(c2)OCCO3)C(C)C)c1. The zero-order valence-electron chi connectivity index (χ0n) is 15.9. The molecule has 1 atom stereocenters. The van der Waals surface area contributed by atoms with Crippen molar-refractivity contribution in [2.24, 2.45) is 5.92 Å². The lowest BCUT2D eigenvalue weighted by atomic mass is 9.95. The molecule has 0 saturated carbocycles. The fourth-order valence-corrected chi connectivity index (χ4v) is 3.23. The van der Waals surface area contributed by atoms with Crippen molar-refractivity contribution in [2.75, 3.05) is 27.4 Å². The Labute approximate surface area is 155 Å². The number of methoxy groups -OCH3 is 2. The molecule has 0 radical (unpaired) electrons. The Hall–Kier alpha value is -2.40. The fraction of sp³-hybridized carbons (Fsp3) is 0.429. The largest absolute Gasteiger partial charge is 0.497 e. The molecular weight excluding hydrogens is 330 g/mol. The number of nitrogens with one attached hydrogen (secondary N) is 1. The average Bonchev–Trinajstić information content (AvgIpc) is 2.67. The van der Waals surface area contributed by atoms with Crippen LogP contribution in [0.5, 0.6) is 23.0 Å². The van der Waals surface area contributed by atoms with E-state index in [4.69, 9.17) is 18.9 Å². The third-order valence-corrected chi connectivity index (χ3v) is 4.59. The van der Waals surface area contributed by atoms with Crippen LogP contribution in [0.15, 0.2) is 36.4 Å². The van der Waals surface area contributed by atoms with Gasteiger partial charge in [-0.25, -0.2) is 0 Å². The van der Waals surface area contributed by atoms with Crippen LogP contribution in [0, 0.1) is 5.92 Å². The van der Waals surface area contributed by atoms with E-state index in [0.29, 0.717) is 25.7 Å². The van der Waals surface area contributed by atoms with E-state index in [9.17, 15) is 0 Å². The molecular formula is C21H27NO4. The van der Waals surface area contributed by atoms with E-state index in [1.54, 1.807) is 14.2 Å². The first-order chi connectivity index (χ1) is 12.6. The summed E-state index contributed by atoms with van der Waals surface area (Å²) < 4.78 is 22.2. The molecule has 2 aromatic rings. The summed E-state index contributed by atoms with van der Waals surface area (Å²) in [6, 6.07) is 12.2. The van der Waals surface area contributed by atoms with Crippen molar-refractivity contribution in [3.05, 3.63) is 47.5 Å². The summed E-state index contributed by atoms with van der Waals surface area (Å²) in [5, 5.41) is 3.65. The molecule has 5 nitrogen and oxygen atoms in total. The maximum absolute atomic E-state index is 5.73. The summed E-state index contributed by atoms with van der Waals surface area (Å²) in [4.78, 5) is 0. The molecule has 26 heavy (non-hydrogen) atoms. The predicted octanol–water partition coefficient (Wildman–Crippen LogP) is 3.96. The highest BCUT2D eigenvalue weighted by atomic mass is 16.6. The van der Waals surface area contributed by atoms with Gasteiger partial charge in [-0.1, -0.05) is 19.9 Å². The van der Waals surface area contributed by atoms with Crippen molar-refractivity contribution >= 4 is 0 Å². The highest BCUT2D eigenvalue weighted by molar-refractivity contribution is 5.45. The zero-order chi connectivity index (χ0) is 18.5. The minimum absolute atomic E-state index is 0.182. The molecule has 1 aliphatic rings. The maximum atomic E-state index is 5.73. The quantitative estimate of drug-likeness (QED) is 0.813. The van der Waals surface area contributed by atoms with Crippen LogP contribution in [-0.4, -0.2) is 27.4 Å². The number of fused-ring (bicyclic) bond motifs is 1. The number of hydrogen-bond acceptors (Lipinski definition) is 5. The molecule has 2 aromatic carbocycles. The lowest BCUT2D eigenvalue weighted by Gasteiger charge is -2.26. The van der Waals surface area contributed by atoms with Crippen molar-refractivity contribution in [2.45, 2.75) is 26.4 Å². The Morgan fingerprint density at radius 3 is 2.42 bits per heavy atom. The number of rotatable bonds is 7. The Kier molecular flexibility index (Phi) is 5.89. The molecule has 0 fully saturated rings. The van der Waals surface area contributed by atoms with Crippen LogP contribution in [0.25, 0.3) is 0 Å². The number of benzene rings is 2. The van der Waals surface area contributed by atoms with Gasteiger partial charge < -0.3 is 24.3 Å². The molecule has 1 heterocycles. The monoisotopic (exact) mass is 357 g/mol. The van der Waals surface area contributed by atoms with E-state index in [1.807, 2.05) is 24.3 Å².